The SMILES string of the molecule is Cc1c(CNC(c2ccccc2)C(C)C)cnn1C. The lowest BCUT2D eigenvalue weighted by atomic mass is 9.96. The van der Waals surface area contributed by atoms with Crippen LogP contribution in [0.15, 0.2) is 36.5 Å². The molecule has 0 saturated carbocycles. The average Bonchev–Trinajstić information content (AvgIpc) is 2.72. The number of aromatic nitrogens is 2. The van der Waals surface area contributed by atoms with Crippen molar-refractivity contribution < 1.29 is 0 Å². The summed E-state index contributed by atoms with van der Waals surface area (Å²) < 4.78 is 1.92. The lowest BCUT2D eigenvalue weighted by Crippen LogP contribution is -2.25. The third-order valence-electron chi connectivity index (χ3n) is 3.67. The number of hydrogen-bond donors (Lipinski definition) is 1. The van der Waals surface area contributed by atoms with Crippen molar-refractivity contribution in [1.82, 2.24) is 15.1 Å². The minimum Gasteiger partial charge on any atom is -0.306 e. The minimum atomic E-state index is 0.376. The molecule has 0 aliphatic rings. The Labute approximate surface area is 115 Å². The van der Waals surface area contributed by atoms with Gasteiger partial charge in [-0.3, -0.25) is 4.68 Å². The maximum Gasteiger partial charge on any atom is 0.0537 e. The van der Waals surface area contributed by atoms with Crippen LogP contribution in [0.5, 0.6) is 0 Å². The number of hydrogen-bond acceptors (Lipinski definition) is 2. The highest BCUT2D eigenvalue weighted by molar-refractivity contribution is 5.21. The molecule has 0 spiro atoms. The molecule has 19 heavy (non-hydrogen) atoms. The van der Waals surface area contributed by atoms with Gasteiger partial charge in [0.25, 0.3) is 0 Å². The third kappa shape index (κ3) is 3.24. The number of rotatable bonds is 5. The molecule has 2 aromatic rings. The van der Waals surface area contributed by atoms with Gasteiger partial charge in [-0.15, -0.1) is 0 Å². The monoisotopic (exact) mass is 257 g/mol. The van der Waals surface area contributed by atoms with Crippen molar-refractivity contribution in [2.75, 3.05) is 0 Å². The number of aryl methyl sites for hydroxylation is 1. The first-order valence-electron chi connectivity index (χ1n) is 6.85. The molecule has 0 aliphatic heterocycles. The maximum absolute atomic E-state index is 4.29. The molecule has 3 heteroatoms. The summed E-state index contributed by atoms with van der Waals surface area (Å²) in [5.74, 6) is 0.555. The standard InChI is InChI=1S/C16H23N3/c1-12(2)16(14-8-6-5-7-9-14)17-10-15-11-18-19(4)13(15)3/h5-9,11-12,16-17H,10H2,1-4H3. The van der Waals surface area contributed by atoms with Crippen LogP contribution in [0.1, 0.15) is 36.7 Å². The quantitative estimate of drug-likeness (QED) is 0.891. The molecular weight excluding hydrogens is 234 g/mol. The average molecular weight is 257 g/mol. The van der Waals surface area contributed by atoms with Crippen LogP contribution in [0.4, 0.5) is 0 Å². The van der Waals surface area contributed by atoms with Crippen molar-refractivity contribution >= 4 is 0 Å². The second-order valence-corrected chi connectivity index (χ2v) is 5.39. The topological polar surface area (TPSA) is 29.9 Å². The zero-order chi connectivity index (χ0) is 13.8. The van der Waals surface area contributed by atoms with Crippen molar-refractivity contribution in [2.24, 2.45) is 13.0 Å². The van der Waals surface area contributed by atoms with E-state index in [1.54, 1.807) is 0 Å². The molecule has 0 radical (unpaired) electrons. The van der Waals surface area contributed by atoms with E-state index in [0.29, 0.717) is 12.0 Å². The molecule has 0 saturated heterocycles. The van der Waals surface area contributed by atoms with E-state index in [1.807, 2.05) is 17.9 Å². The van der Waals surface area contributed by atoms with Gasteiger partial charge in [-0.2, -0.15) is 5.10 Å². The Morgan fingerprint density at radius 2 is 1.89 bits per heavy atom. The molecule has 2 rings (SSSR count). The summed E-state index contributed by atoms with van der Waals surface area (Å²) in [4.78, 5) is 0. The fourth-order valence-corrected chi connectivity index (χ4v) is 2.34. The van der Waals surface area contributed by atoms with Crippen LogP contribution >= 0.6 is 0 Å². The molecule has 0 amide bonds. The molecule has 0 aliphatic carbocycles. The van der Waals surface area contributed by atoms with Gasteiger partial charge in [0.1, 0.15) is 0 Å². The molecule has 1 aromatic carbocycles. The van der Waals surface area contributed by atoms with E-state index in [9.17, 15) is 0 Å². The van der Waals surface area contributed by atoms with Gasteiger partial charge in [-0.1, -0.05) is 44.2 Å². The van der Waals surface area contributed by atoms with E-state index in [-0.39, 0.29) is 0 Å². The summed E-state index contributed by atoms with van der Waals surface area (Å²) in [5.41, 5.74) is 3.84. The first-order valence-corrected chi connectivity index (χ1v) is 6.85. The first kappa shape index (κ1) is 13.8. The Morgan fingerprint density at radius 1 is 1.21 bits per heavy atom. The molecular formula is C16H23N3. The fraction of sp³-hybridized carbons (Fsp3) is 0.438. The van der Waals surface area contributed by atoms with E-state index in [1.165, 1.54) is 16.8 Å². The van der Waals surface area contributed by atoms with Gasteiger partial charge in [0, 0.05) is 30.9 Å². The Morgan fingerprint density at radius 3 is 2.42 bits per heavy atom. The second kappa shape index (κ2) is 6.02. The molecule has 3 nitrogen and oxygen atoms in total. The van der Waals surface area contributed by atoms with E-state index < -0.39 is 0 Å². The maximum atomic E-state index is 4.29. The summed E-state index contributed by atoms with van der Waals surface area (Å²) in [7, 11) is 1.98. The van der Waals surface area contributed by atoms with E-state index in [4.69, 9.17) is 0 Å². The first-order chi connectivity index (χ1) is 9.09. The molecule has 1 atom stereocenters. The van der Waals surface area contributed by atoms with Crippen molar-refractivity contribution in [1.29, 1.82) is 0 Å². The van der Waals surface area contributed by atoms with Crippen molar-refractivity contribution in [2.45, 2.75) is 33.4 Å². The van der Waals surface area contributed by atoms with Crippen LogP contribution in [0, 0.1) is 12.8 Å². The largest absolute Gasteiger partial charge is 0.306 e. The van der Waals surface area contributed by atoms with Crippen LogP contribution in [0.2, 0.25) is 0 Å². The van der Waals surface area contributed by atoms with Gasteiger partial charge >= 0.3 is 0 Å². The highest BCUT2D eigenvalue weighted by Gasteiger charge is 2.15. The predicted molar refractivity (Wildman–Crippen MR) is 78.8 cm³/mol. The van der Waals surface area contributed by atoms with Crippen molar-refractivity contribution in [3.8, 4) is 0 Å². The van der Waals surface area contributed by atoms with Crippen molar-refractivity contribution in [3.63, 3.8) is 0 Å². The normalized spacial score (nSPS) is 12.9. The Kier molecular flexibility index (Phi) is 4.38. The van der Waals surface area contributed by atoms with Crippen LogP contribution < -0.4 is 5.32 Å². The Bertz CT molecular complexity index is 514. The summed E-state index contributed by atoms with van der Waals surface area (Å²) in [5, 5.41) is 7.94. The van der Waals surface area contributed by atoms with Gasteiger partial charge in [0.2, 0.25) is 0 Å². The lowest BCUT2D eigenvalue weighted by molar-refractivity contribution is 0.410. The molecule has 0 fully saturated rings. The van der Waals surface area contributed by atoms with Crippen LogP contribution in [0.3, 0.4) is 0 Å². The Balaban J connectivity index is 2.08. The summed E-state index contributed by atoms with van der Waals surface area (Å²) in [6, 6.07) is 11.0. The summed E-state index contributed by atoms with van der Waals surface area (Å²) in [6.45, 7) is 7.47. The van der Waals surface area contributed by atoms with Gasteiger partial charge in [-0.25, -0.2) is 0 Å². The Hall–Kier alpha value is -1.61. The highest BCUT2D eigenvalue weighted by atomic mass is 15.3. The van der Waals surface area contributed by atoms with E-state index >= 15 is 0 Å². The van der Waals surface area contributed by atoms with Crippen LogP contribution in [-0.2, 0) is 13.6 Å². The zero-order valence-corrected chi connectivity index (χ0v) is 12.2. The van der Waals surface area contributed by atoms with E-state index in [0.717, 1.165) is 6.54 Å². The van der Waals surface area contributed by atoms with Crippen LogP contribution in [-0.4, -0.2) is 9.78 Å². The van der Waals surface area contributed by atoms with Crippen molar-refractivity contribution in [3.05, 3.63) is 53.3 Å². The fourth-order valence-electron chi connectivity index (χ4n) is 2.34. The van der Waals surface area contributed by atoms with Gasteiger partial charge in [-0.05, 0) is 18.4 Å². The van der Waals surface area contributed by atoms with Gasteiger partial charge < -0.3 is 5.32 Å². The molecule has 1 heterocycles. The third-order valence-corrected chi connectivity index (χ3v) is 3.67. The molecule has 1 unspecified atom stereocenters. The van der Waals surface area contributed by atoms with E-state index in [2.05, 4.69) is 61.5 Å². The van der Waals surface area contributed by atoms with Crippen LogP contribution in [0.25, 0.3) is 0 Å². The number of nitrogens with zero attached hydrogens (tertiary/aromatic N) is 2. The second-order valence-electron chi connectivity index (χ2n) is 5.39. The zero-order valence-electron chi connectivity index (χ0n) is 12.2. The smallest absolute Gasteiger partial charge is 0.0537 e. The highest BCUT2D eigenvalue weighted by Crippen LogP contribution is 2.22. The number of nitrogens with one attached hydrogen (secondary N) is 1. The molecule has 0 bridgehead atoms. The van der Waals surface area contributed by atoms with Gasteiger partial charge in [0.15, 0.2) is 0 Å². The minimum absolute atomic E-state index is 0.376. The molecule has 102 valence electrons. The number of benzene rings is 1. The summed E-state index contributed by atoms with van der Waals surface area (Å²) in [6.07, 6.45) is 1.95. The molecule has 1 N–H and O–H groups in total. The predicted octanol–water partition coefficient (Wildman–Crippen LogP) is 3.22. The molecule has 1 aromatic heterocycles. The lowest BCUT2D eigenvalue weighted by Gasteiger charge is -2.23. The summed E-state index contributed by atoms with van der Waals surface area (Å²) >= 11 is 0. The van der Waals surface area contributed by atoms with Gasteiger partial charge in [0.05, 0.1) is 6.20 Å².